The van der Waals surface area contributed by atoms with Crippen molar-refractivity contribution < 1.29 is 9.59 Å². The third-order valence-corrected chi connectivity index (χ3v) is 4.03. The molecular weight excluding hydrogens is 240 g/mol. The number of anilines is 1. The SMILES string of the molecule is O=C1CN(C(=O)CC2CCC2)Cc2ccccc2N1. The van der Waals surface area contributed by atoms with Crippen LogP contribution in [0, 0.1) is 5.92 Å². The first-order valence-electron chi connectivity index (χ1n) is 6.88. The second-order valence-corrected chi connectivity index (χ2v) is 5.46. The van der Waals surface area contributed by atoms with Crippen LogP contribution < -0.4 is 5.32 Å². The molecule has 4 heteroatoms. The van der Waals surface area contributed by atoms with Crippen molar-refractivity contribution in [2.45, 2.75) is 32.2 Å². The first-order valence-corrected chi connectivity index (χ1v) is 6.88. The molecule has 19 heavy (non-hydrogen) atoms. The summed E-state index contributed by atoms with van der Waals surface area (Å²) in [6, 6.07) is 7.67. The zero-order valence-electron chi connectivity index (χ0n) is 10.9. The van der Waals surface area contributed by atoms with Crippen LogP contribution in [0.25, 0.3) is 0 Å². The molecule has 2 aliphatic rings. The molecule has 0 radical (unpaired) electrons. The Hall–Kier alpha value is -1.84. The minimum Gasteiger partial charge on any atom is -0.329 e. The molecule has 0 atom stereocenters. The molecule has 4 nitrogen and oxygen atoms in total. The first kappa shape index (κ1) is 12.2. The smallest absolute Gasteiger partial charge is 0.244 e. The van der Waals surface area contributed by atoms with Crippen LogP contribution in [-0.4, -0.2) is 23.3 Å². The number of rotatable bonds is 2. The highest BCUT2D eigenvalue weighted by atomic mass is 16.2. The van der Waals surface area contributed by atoms with Gasteiger partial charge in [0, 0.05) is 18.7 Å². The molecule has 0 spiro atoms. The quantitative estimate of drug-likeness (QED) is 0.883. The van der Waals surface area contributed by atoms with Gasteiger partial charge in [-0.2, -0.15) is 0 Å². The van der Waals surface area contributed by atoms with E-state index in [-0.39, 0.29) is 18.4 Å². The van der Waals surface area contributed by atoms with Gasteiger partial charge in [-0.1, -0.05) is 24.6 Å². The number of carbonyl (C=O) groups is 2. The average Bonchev–Trinajstić information content (AvgIpc) is 2.51. The lowest BCUT2D eigenvalue weighted by atomic mass is 9.82. The molecule has 2 amide bonds. The van der Waals surface area contributed by atoms with Crippen molar-refractivity contribution >= 4 is 17.5 Å². The molecule has 100 valence electrons. The molecule has 1 aliphatic carbocycles. The van der Waals surface area contributed by atoms with Crippen molar-refractivity contribution in [3.05, 3.63) is 29.8 Å². The van der Waals surface area contributed by atoms with E-state index in [1.165, 1.54) is 6.42 Å². The number of nitrogens with one attached hydrogen (secondary N) is 1. The molecule has 1 saturated carbocycles. The summed E-state index contributed by atoms with van der Waals surface area (Å²) in [4.78, 5) is 25.8. The van der Waals surface area contributed by atoms with Crippen molar-refractivity contribution in [1.29, 1.82) is 0 Å². The Labute approximate surface area is 112 Å². The summed E-state index contributed by atoms with van der Waals surface area (Å²) in [5, 5.41) is 2.86. The lowest BCUT2D eigenvalue weighted by molar-refractivity contribution is -0.136. The van der Waals surface area contributed by atoms with Gasteiger partial charge in [0.2, 0.25) is 11.8 Å². The standard InChI is InChI=1S/C15H18N2O2/c18-14-10-17(15(19)8-11-4-3-5-11)9-12-6-1-2-7-13(12)16-14/h1-2,6-7,11H,3-5,8-10H2,(H,16,18). The lowest BCUT2D eigenvalue weighted by Crippen LogP contribution is -2.36. The summed E-state index contributed by atoms with van der Waals surface area (Å²) in [7, 11) is 0. The summed E-state index contributed by atoms with van der Waals surface area (Å²) in [6.07, 6.45) is 4.14. The van der Waals surface area contributed by atoms with E-state index in [1.54, 1.807) is 4.90 Å². The van der Waals surface area contributed by atoms with Gasteiger partial charge >= 0.3 is 0 Å². The van der Waals surface area contributed by atoms with Gasteiger partial charge in [-0.05, 0) is 30.4 Å². The molecule has 1 aliphatic heterocycles. The number of amides is 2. The summed E-state index contributed by atoms with van der Waals surface area (Å²) in [5.41, 5.74) is 1.83. The third kappa shape index (κ3) is 2.62. The van der Waals surface area contributed by atoms with Crippen LogP contribution in [0.5, 0.6) is 0 Å². The van der Waals surface area contributed by atoms with Crippen molar-refractivity contribution in [1.82, 2.24) is 4.90 Å². The van der Waals surface area contributed by atoms with Crippen molar-refractivity contribution in [2.24, 2.45) is 5.92 Å². The molecule has 0 saturated heterocycles. The van der Waals surface area contributed by atoms with E-state index in [9.17, 15) is 9.59 Å². The fourth-order valence-corrected chi connectivity index (χ4v) is 2.65. The second-order valence-electron chi connectivity index (χ2n) is 5.46. The number of hydrogen-bond acceptors (Lipinski definition) is 2. The summed E-state index contributed by atoms with van der Waals surface area (Å²) < 4.78 is 0. The minimum absolute atomic E-state index is 0.105. The Morgan fingerprint density at radius 2 is 2.05 bits per heavy atom. The first-order chi connectivity index (χ1) is 9.22. The maximum Gasteiger partial charge on any atom is 0.244 e. The summed E-state index contributed by atoms with van der Waals surface area (Å²) >= 11 is 0. The predicted molar refractivity (Wildman–Crippen MR) is 72.4 cm³/mol. The van der Waals surface area contributed by atoms with E-state index >= 15 is 0 Å². The Bertz CT molecular complexity index is 509. The van der Waals surface area contributed by atoms with Gasteiger partial charge in [0.25, 0.3) is 0 Å². The highest BCUT2D eigenvalue weighted by Crippen LogP contribution is 2.30. The molecule has 1 N–H and O–H groups in total. The molecule has 1 aromatic carbocycles. The number of para-hydroxylation sites is 1. The van der Waals surface area contributed by atoms with Gasteiger partial charge in [-0.3, -0.25) is 9.59 Å². The molecule has 0 unspecified atom stereocenters. The van der Waals surface area contributed by atoms with Gasteiger partial charge in [0.05, 0.1) is 0 Å². The molecule has 3 rings (SSSR count). The van der Waals surface area contributed by atoms with Crippen LogP contribution in [0.15, 0.2) is 24.3 Å². The number of hydrogen-bond donors (Lipinski definition) is 1. The topological polar surface area (TPSA) is 49.4 Å². The molecular formula is C15H18N2O2. The molecule has 1 heterocycles. The van der Waals surface area contributed by atoms with E-state index in [0.717, 1.165) is 24.1 Å². The normalized spacial score (nSPS) is 19.2. The Kier molecular flexibility index (Phi) is 3.23. The van der Waals surface area contributed by atoms with Crippen LogP contribution in [0.2, 0.25) is 0 Å². The predicted octanol–water partition coefficient (Wildman–Crippen LogP) is 2.16. The van der Waals surface area contributed by atoms with Crippen molar-refractivity contribution in [2.75, 3.05) is 11.9 Å². The number of benzene rings is 1. The fraction of sp³-hybridized carbons (Fsp3) is 0.467. The average molecular weight is 258 g/mol. The largest absolute Gasteiger partial charge is 0.329 e. The van der Waals surface area contributed by atoms with Crippen LogP contribution in [0.4, 0.5) is 5.69 Å². The molecule has 1 fully saturated rings. The van der Waals surface area contributed by atoms with E-state index in [4.69, 9.17) is 0 Å². The Morgan fingerprint density at radius 1 is 1.26 bits per heavy atom. The van der Waals surface area contributed by atoms with Gasteiger partial charge in [0.1, 0.15) is 6.54 Å². The number of carbonyl (C=O) groups excluding carboxylic acids is 2. The Balaban J connectivity index is 1.75. The lowest BCUT2D eigenvalue weighted by Gasteiger charge is -2.28. The van der Waals surface area contributed by atoms with Gasteiger partial charge in [-0.15, -0.1) is 0 Å². The summed E-state index contributed by atoms with van der Waals surface area (Å²) in [5.74, 6) is 0.539. The van der Waals surface area contributed by atoms with Gasteiger partial charge in [-0.25, -0.2) is 0 Å². The van der Waals surface area contributed by atoms with Gasteiger partial charge in [0.15, 0.2) is 0 Å². The maximum absolute atomic E-state index is 12.3. The van der Waals surface area contributed by atoms with Crippen LogP contribution in [0.1, 0.15) is 31.2 Å². The molecule has 0 aromatic heterocycles. The minimum atomic E-state index is -0.105. The zero-order valence-corrected chi connectivity index (χ0v) is 10.9. The number of fused-ring (bicyclic) bond motifs is 1. The zero-order chi connectivity index (χ0) is 13.2. The summed E-state index contributed by atoms with van der Waals surface area (Å²) in [6.45, 7) is 0.695. The van der Waals surface area contributed by atoms with E-state index < -0.39 is 0 Å². The van der Waals surface area contributed by atoms with Crippen molar-refractivity contribution in [3.63, 3.8) is 0 Å². The molecule has 1 aromatic rings. The van der Waals surface area contributed by atoms with E-state index in [0.29, 0.717) is 18.9 Å². The molecule has 0 bridgehead atoms. The fourth-order valence-electron chi connectivity index (χ4n) is 2.65. The van der Waals surface area contributed by atoms with Crippen LogP contribution >= 0.6 is 0 Å². The third-order valence-electron chi connectivity index (χ3n) is 4.03. The van der Waals surface area contributed by atoms with E-state index in [1.807, 2.05) is 24.3 Å². The monoisotopic (exact) mass is 258 g/mol. The second kappa shape index (κ2) is 5.03. The highest BCUT2D eigenvalue weighted by molar-refractivity contribution is 5.96. The van der Waals surface area contributed by atoms with Crippen LogP contribution in [0.3, 0.4) is 0 Å². The van der Waals surface area contributed by atoms with E-state index in [2.05, 4.69) is 5.32 Å². The van der Waals surface area contributed by atoms with Gasteiger partial charge < -0.3 is 10.2 Å². The van der Waals surface area contributed by atoms with Crippen LogP contribution in [-0.2, 0) is 16.1 Å². The number of nitrogens with zero attached hydrogens (tertiary/aromatic N) is 1. The Morgan fingerprint density at radius 3 is 2.79 bits per heavy atom. The van der Waals surface area contributed by atoms with Crippen molar-refractivity contribution in [3.8, 4) is 0 Å². The highest BCUT2D eigenvalue weighted by Gasteiger charge is 2.27. The maximum atomic E-state index is 12.3.